The molecule has 2 aromatic carbocycles. The van der Waals surface area contributed by atoms with Gasteiger partial charge in [-0.1, -0.05) is 30.3 Å². The fourth-order valence-electron chi connectivity index (χ4n) is 2.37. The zero-order valence-corrected chi connectivity index (χ0v) is 14.7. The molecule has 0 fully saturated rings. The van der Waals surface area contributed by atoms with Gasteiger partial charge in [0.1, 0.15) is 12.4 Å². The second kappa shape index (κ2) is 6.92. The summed E-state index contributed by atoms with van der Waals surface area (Å²) in [6, 6.07) is 13.6. The van der Waals surface area contributed by atoms with Gasteiger partial charge in [0.15, 0.2) is 11.4 Å². The van der Waals surface area contributed by atoms with Gasteiger partial charge in [0.25, 0.3) is 0 Å². The number of pyridine rings is 1. The molecule has 1 aromatic heterocycles. The topological polar surface area (TPSA) is 31.4 Å². The number of hydrogen-bond acceptors (Lipinski definition) is 3. The van der Waals surface area contributed by atoms with Crippen molar-refractivity contribution in [1.82, 2.24) is 4.98 Å². The molecule has 0 aliphatic heterocycles. The smallest absolute Gasteiger partial charge is 0.437 e. The molecule has 25 heavy (non-hydrogen) atoms. The van der Waals surface area contributed by atoms with E-state index in [-0.39, 0.29) is 22.3 Å². The maximum Gasteiger partial charge on any atom is 0.437 e. The molecule has 3 rings (SSSR count). The number of rotatable bonds is 4. The van der Waals surface area contributed by atoms with Gasteiger partial charge < -0.3 is 9.47 Å². The molecule has 0 saturated heterocycles. The molecule has 0 saturated carbocycles. The first-order chi connectivity index (χ1) is 11.9. The summed E-state index contributed by atoms with van der Waals surface area (Å²) in [7, 11) is 1.49. The summed E-state index contributed by atoms with van der Waals surface area (Å²) < 4.78 is 51.1. The van der Waals surface area contributed by atoms with Crippen LogP contribution in [0, 0.1) is 0 Å². The zero-order chi connectivity index (χ0) is 18.0. The summed E-state index contributed by atoms with van der Waals surface area (Å²) >= 11 is 3.24. The zero-order valence-electron chi connectivity index (χ0n) is 13.1. The average Bonchev–Trinajstić information content (AvgIpc) is 2.60. The highest BCUT2D eigenvalue weighted by atomic mass is 79.9. The third kappa shape index (κ3) is 3.71. The van der Waals surface area contributed by atoms with Gasteiger partial charge in [-0.15, -0.1) is 0 Å². The van der Waals surface area contributed by atoms with E-state index in [4.69, 9.17) is 9.47 Å². The van der Waals surface area contributed by atoms with Gasteiger partial charge in [-0.05, 0) is 39.7 Å². The monoisotopic (exact) mass is 411 g/mol. The van der Waals surface area contributed by atoms with Crippen LogP contribution >= 0.6 is 15.9 Å². The molecule has 1 heterocycles. The summed E-state index contributed by atoms with van der Waals surface area (Å²) in [6.07, 6.45) is -4.64. The molecule has 0 radical (unpaired) electrons. The summed E-state index contributed by atoms with van der Waals surface area (Å²) in [5, 5.41) is 0.482. The molecule has 0 aliphatic carbocycles. The minimum atomic E-state index is -4.64. The molecule has 0 spiro atoms. The lowest BCUT2D eigenvalue weighted by Gasteiger charge is -2.17. The highest BCUT2D eigenvalue weighted by Crippen LogP contribution is 2.43. The van der Waals surface area contributed by atoms with Crippen LogP contribution in [0.4, 0.5) is 13.2 Å². The van der Waals surface area contributed by atoms with Crippen molar-refractivity contribution in [2.75, 3.05) is 7.11 Å². The number of ether oxygens (including phenoxy) is 2. The van der Waals surface area contributed by atoms with Crippen molar-refractivity contribution in [2.45, 2.75) is 12.8 Å². The van der Waals surface area contributed by atoms with Crippen molar-refractivity contribution >= 4 is 26.8 Å². The Hall–Kier alpha value is -2.28. The average molecular weight is 412 g/mol. The van der Waals surface area contributed by atoms with Crippen LogP contribution in [0.3, 0.4) is 0 Å². The maximum absolute atomic E-state index is 13.4. The molecule has 7 heteroatoms. The van der Waals surface area contributed by atoms with Crippen molar-refractivity contribution in [3.8, 4) is 11.5 Å². The molecule has 0 unspecified atom stereocenters. The number of hydrogen-bond donors (Lipinski definition) is 0. The van der Waals surface area contributed by atoms with Crippen LogP contribution in [-0.4, -0.2) is 12.1 Å². The Balaban J connectivity index is 2.11. The Labute approximate surface area is 150 Å². The fraction of sp³-hybridized carbons (Fsp3) is 0.167. The van der Waals surface area contributed by atoms with E-state index in [0.29, 0.717) is 11.1 Å². The molecule has 0 amide bonds. The van der Waals surface area contributed by atoms with Gasteiger partial charge >= 0.3 is 6.18 Å². The van der Waals surface area contributed by atoms with E-state index in [1.807, 2.05) is 6.07 Å². The summed E-state index contributed by atoms with van der Waals surface area (Å²) in [6.45, 7) is -0.000322. The third-order valence-electron chi connectivity index (χ3n) is 3.58. The van der Waals surface area contributed by atoms with Crippen LogP contribution in [0.2, 0.25) is 0 Å². The normalized spacial score (nSPS) is 11.6. The Morgan fingerprint density at radius 2 is 1.80 bits per heavy atom. The van der Waals surface area contributed by atoms with E-state index in [0.717, 1.165) is 5.56 Å². The van der Waals surface area contributed by atoms with Crippen LogP contribution in [0.15, 0.2) is 53.0 Å². The van der Waals surface area contributed by atoms with Gasteiger partial charge in [-0.25, -0.2) is 4.98 Å². The molecule has 0 bridgehead atoms. The number of alkyl halides is 3. The van der Waals surface area contributed by atoms with Gasteiger partial charge in [0.2, 0.25) is 0 Å². The van der Waals surface area contributed by atoms with E-state index in [1.54, 1.807) is 36.4 Å². The van der Waals surface area contributed by atoms with E-state index < -0.39 is 11.9 Å². The first-order valence-electron chi connectivity index (χ1n) is 7.31. The van der Waals surface area contributed by atoms with Crippen LogP contribution in [0.25, 0.3) is 10.9 Å². The number of benzene rings is 2. The molecule has 3 aromatic rings. The minimum absolute atomic E-state index is 0.000322. The van der Waals surface area contributed by atoms with E-state index in [1.165, 1.54) is 13.2 Å². The van der Waals surface area contributed by atoms with Gasteiger partial charge in [-0.3, -0.25) is 0 Å². The van der Waals surface area contributed by atoms with Crippen LogP contribution in [0.1, 0.15) is 11.3 Å². The number of aromatic nitrogens is 1. The first kappa shape index (κ1) is 17.5. The van der Waals surface area contributed by atoms with Crippen molar-refractivity contribution in [1.29, 1.82) is 0 Å². The lowest BCUT2D eigenvalue weighted by molar-refractivity contribution is -0.142. The van der Waals surface area contributed by atoms with Crippen molar-refractivity contribution in [3.63, 3.8) is 0 Å². The van der Waals surface area contributed by atoms with E-state index in [9.17, 15) is 13.2 Å². The standard InChI is InChI=1S/C18H13BrF3NO2/c1-24-12-7-8-14-13(9-12)15(19)16(17(23-14)18(20,21)22)25-10-11-5-3-2-4-6-11/h2-9H,10H2,1H3. The molecular weight excluding hydrogens is 399 g/mol. The van der Waals surface area contributed by atoms with Crippen LogP contribution in [0.5, 0.6) is 11.5 Å². The number of methoxy groups -OCH3 is 1. The lowest BCUT2D eigenvalue weighted by Crippen LogP contribution is -2.12. The lowest BCUT2D eigenvalue weighted by atomic mass is 10.1. The summed E-state index contributed by atoms with van der Waals surface area (Å²) in [5.74, 6) is 0.181. The molecule has 0 atom stereocenters. The maximum atomic E-state index is 13.4. The van der Waals surface area contributed by atoms with Crippen LogP contribution in [-0.2, 0) is 12.8 Å². The Bertz CT molecular complexity index is 898. The highest BCUT2D eigenvalue weighted by Gasteiger charge is 2.38. The quantitative estimate of drug-likeness (QED) is 0.559. The molecule has 130 valence electrons. The number of nitrogens with zero attached hydrogens (tertiary/aromatic N) is 1. The predicted molar refractivity (Wildman–Crippen MR) is 91.8 cm³/mol. The minimum Gasteiger partial charge on any atom is -0.497 e. The van der Waals surface area contributed by atoms with Crippen LogP contribution < -0.4 is 9.47 Å². The molecule has 0 aliphatic rings. The molecular formula is C18H13BrF3NO2. The van der Waals surface area contributed by atoms with Gasteiger partial charge in [0, 0.05) is 5.39 Å². The van der Waals surface area contributed by atoms with E-state index >= 15 is 0 Å². The van der Waals surface area contributed by atoms with Crippen molar-refractivity contribution < 1.29 is 22.6 Å². The fourth-order valence-corrected chi connectivity index (χ4v) is 2.99. The van der Waals surface area contributed by atoms with Gasteiger partial charge in [0.05, 0.1) is 17.1 Å². The largest absolute Gasteiger partial charge is 0.497 e. The highest BCUT2D eigenvalue weighted by molar-refractivity contribution is 9.10. The van der Waals surface area contributed by atoms with Crippen molar-refractivity contribution in [2.24, 2.45) is 0 Å². The Morgan fingerprint density at radius 3 is 2.44 bits per heavy atom. The summed E-state index contributed by atoms with van der Waals surface area (Å²) in [4.78, 5) is 3.76. The van der Waals surface area contributed by atoms with Crippen molar-refractivity contribution in [3.05, 3.63) is 64.3 Å². The summed E-state index contributed by atoms with van der Waals surface area (Å²) in [5.41, 5.74) is -0.103. The first-order valence-corrected chi connectivity index (χ1v) is 8.10. The Kier molecular flexibility index (Phi) is 4.85. The second-order valence-corrected chi connectivity index (χ2v) is 6.05. The Morgan fingerprint density at radius 1 is 1.08 bits per heavy atom. The molecule has 3 nitrogen and oxygen atoms in total. The predicted octanol–water partition coefficient (Wildman–Crippen LogP) is 5.60. The second-order valence-electron chi connectivity index (χ2n) is 5.26. The number of halogens is 4. The third-order valence-corrected chi connectivity index (χ3v) is 4.37. The van der Waals surface area contributed by atoms with Gasteiger partial charge in [-0.2, -0.15) is 13.2 Å². The number of fused-ring (bicyclic) bond motifs is 1. The molecule has 0 N–H and O–H groups in total. The van der Waals surface area contributed by atoms with E-state index in [2.05, 4.69) is 20.9 Å². The SMILES string of the molecule is COc1ccc2nc(C(F)(F)F)c(OCc3ccccc3)c(Br)c2c1.